The first-order valence-electron chi connectivity index (χ1n) is 9.29. The fourth-order valence-corrected chi connectivity index (χ4v) is 3.52. The van der Waals surface area contributed by atoms with Crippen molar-refractivity contribution in [3.63, 3.8) is 0 Å². The van der Waals surface area contributed by atoms with Gasteiger partial charge in [-0.1, -0.05) is 30.3 Å². The van der Waals surface area contributed by atoms with E-state index in [4.69, 9.17) is 19.4 Å². The van der Waals surface area contributed by atoms with Crippen molar-refractivity contribution >= 4 is 0 Å². The van der Waals surface area contributed by atoms with Gasteiger partial charge in [0, 0.05) is 16.7 Å². The Balaban J connectivity index is 1.79. The first kappa shape index (κ1) is 17.4. The second-order valence-electron chi connectivity index (χ2n) is 6.78. The molecule has 0 N–H and O–H groups in total. The van der Waals surface area contributed by atoms with E-state index < -0.39 is 0 Å². The molecule has 2 heterocycles. The number of halogens is 1. The number of hydrogen-bond acceptors (Lipinski definition) is 4. The van der Waals surface area contributed by atoms with Gasteiger partial charge in [-0.05, 0) is 55.0 Å². The van der Waals surface area contributed by atoms with Crippen molar-refractivity contribution in [1.29, 1.82) is 0 Å². The van der Waals surface area contributed by atoms with Crippen molar-refractivity contribution in [2.75, 3.05) is 6.79 Å². The molecule has 0 saturated heterocycles. The van der Waals surface area contributed by atoms with Crippen LogP contribution in [-0.4, -0.2) is 16.8 Å². The lowest BCUT2D eigenvalue weighted by molar-refractivity contribution is 0.174. The number of aryl methyl sites for hydroxylation is 1. The molecule has 1 aliphatic heterocycles. The van der Waals surface area contributed by atoms with Gasteiger partial charge < -0.3 is 9.47 Å². The van der Waals surface area contributed by atoms with Gasteiger partial charge in [0.1, 0.15) is 11.6 Å². The third-order valence-electron chi connectivity index (χ3n) is 4.85. The highest BCUT2D eigenvalue weighted by molar-refractivity contribution is 5.91. The van der Waals surface area contributed by atoms with Crippen molar-refractivity contribution < 1.29 is 13.9 Å². The highest BCUT2D eigenvalue weighted by Crippen LogP contribution is 2.41. The van der Waals surface area contributed by atoms with Gasteiger partial charge in [-0.3, -0.25) is 0 Å². The fourth-order valence-electron chi connectivity index (χ4n) is 3.52. The maximum absolute atomic E-state index is 13.5. The van der Waals surface area contributed by atoms with Crippen LogP contribution in [0, 0.1) is 12.7 Å². The van der Waals surface area contributed by atoms with Crippen LogP contribution >= 0.6 is 0 Å². The van der Waals surface area contributed by atoms with Gasteiger partial charge in [0.2, 0.25) is 6.79 Å². The predicted octanol–water partition coefficient (Wildman–Crippen LogP) is 5.65. The Labute approximate surface area is 167 Å². The minimum absolute atomic E-state index is 0.216. The molecule has 3 aromatic carbocycles. The van der Waals surface area contributed by atoms with Crippen molar-refractivity contribution in [3.05, 3.63) is 84.4 Å². The molecule has 5 heteroatoms. The number of fused-ring (bicyclic) bond motifs is 1. The molecule has 0 saturated carbocycles. The normalized spacial score (nSPS) is 12.2. The van der Waals surface area contributed by atoms with E-state index in [0.29, 0.717) is 11.6 Å². The van der Waals surface area contributed by atoms with Crippen LogP contribution in [0.15, 0.2) is 72.8 Å². The van der Waals surface area contributed by atoms with Crippen molar-refractivity contribution in [2.24, 2.45) is 0 Å². The Morgan fingerprint density at radius 1 is 0.724 bits per heavy atom. The first-order chi connectivity index (χ1) is 14.2. The molecule has 0 atom stereocenters. The summed E-state index contributed by atoms with van der Waals surface area (Å²) in [6.45, 7) is 2.08. The summed E-state index contributed by atoms with van der Waals surface area (Å²) in [5, 5.41) is 0. The van der Waals surface area contributed by atoms with Crippen LogP contribution in [0.3, 0.4) is 0 Å². The zero-order valence-electron chi connectivity index (χ0n) is 15.7. The number of ether oxygens (including phenoxy) is 2. The zero-order valence-corrected chi connectivity index (χ0v) is 15.7. The molecular weight excluding hydrogens is 367 g/mol. The van der Waals surface area contributed by atoms with Crippen LogP contribution in [0.25, 0.3) is 33.6 Å². The lowest BCUT2D eigenvalue weighted by Crippen LogP contribution is -2.00. The third kappa shape index (κ3) is 3.21. The van der Waals surface area contributed by atoms with E-state index in [2.05, 4.69) is 0 Å². The number of nitrogens with zero attached hydrogens (tertiary/aromatic N) is 2. The third-order valence-corrected chi connectivity index (χ3v) is 4.85. The summed E-state index contributed by atoms with van der Waals surface area (Å²) in [5.74, 6) is 1.77. The molecule has 29 heavy (non-hydrogen) atoms. The van der Waals surface area contributed by atoms with E-state index in [0.717, 1.165) is 39.4 Å². The summed E-state index contributed by atoms with van der Waals surface area (Å²) in [4.78, 5) is 9.49. The van der Waals surface area contributed by atoms with E-state index >= 15 is 0 Å². The Kier molecular flexibility index (Phi) is 4.21. The lowest BCUT2D eigenvalue weighted by atomic mass is 9.94. The highest BCUT2D eigenvalue weighted by atomic mass is 19.1. The molecule has 0 amide bonds. The SMILES string of the molecule is Cc1nc(-c2ccc(F)cc2)c(-c2ccccc2)c(-c2ccc3c(c2)OCO3)n1. The van der Waals surface area contributed by atoms with Crippen LogP contribution in [0.1, 0.15) is 5.82 Å². The molecule has 1 aromatic heterocycles. The Morgan fingerprint density at radius 2 is 1.38 bits per heavy atom. The standard InChI is InChI=1S/C24H17FN2O2/c1-15-26-23(17-7-10-19(25)11-8-17)22(16-5-3-2-4-6-16)24(27-15)18-9-12-20-21(13-18)29-14-28-20/h2-13H,14H2,1H3. The van der Waals surface area contributed by atoms with Gasteiger partial charge in [-0.25, -0.2) is 14.4 Å². The monoisotopic (exact) mass is 384 g/mol. The number of hydrogen-bond donors (Lipinski definition) is 0. The van der Waals surface area contributed by atoms with Crippen LogP contribution < -0.4 is 9.47 Å². The smallest absolute Gasteiger partial charge is 0.231 e. The van der Waals surface area contributed by atoms with Gasteiger partial charge in [-0.2, -0.15) is 0 Å². The second kappa shape index (κ2) is 7.02. The first-order valence-corrected chi connectivity index (χ1v) is 9.29. The molecule has 0 unspecified atom stereocenters. The zero-order chi connectivity index (χ0) is 19.8. The molecule has 4 aromatic rings. The summed E-state index contributed by atoms with van der Waals surface area (Å²) in [7, 11) is 0. The molecule has 0 radical (unpaired) electrons. The summed E-state index contributed by atoms with van der Waals surface area (Å²) < 4.78 is 24.5. The van der Waals surface area contributed by atoms with Crippen LogP contribution in [0.2, 0.25) is 0 Å². The van der Waals surface area contributed by atoms with Crippen LogP contribution in [-0.2, 0) is 0 Å². The van der Waals surface area contributed by atoms with Gasteiger partial charge in [0.25, 0.3) is 0 Å². The summed E-state index contributed by atoms with van der Waals surface area (Å²) in [5.41, 5.74) is 5.17. The number of benzene rings is 3. The van der Waals surface area contributed by atoms with Crippen molar-refractivity contribution in [2.45, 2.75) is 6.92 Å². The van der Waals surface area contributed by atoms with E-state index in [1.165, 1.54) is 12.1 Å². The highest BCUT2D eigenvalue weighted by Gasteiger charge is 2.21. The Bertz CT molecular complexity index is 1190. The number of aromatic nitrogens is 2. The fraction of sp³-hybridized carbons (Fsp3) is 0.0833. The molecule has 0 spiro atoms. The summed E-state index contributed by atoms with van der Waals surface area (Å²) in [6.07, 6.45) is 0. The molecule has 0 fully saturated rings. The minimum Gasteiger partial charge on any atom is -0.454 e. The van der Waals surface area contributed by atoms with E-state index in [-0.39, 0.29) is 12.6 Å². The van der Waals surface area contributed by atoms with Gasteiger partial charge >= 0.3 is 0 Å². The van der Waals surface area contributed by atoms with Crippen molar-refractivity contribution in [1.82, 2.24) is 9.97 Å². The maximum Gasteiger partial charge on any atom is 0.231 e. The predicted molar refractivity (Wildman–Crippen MR) is 109 cm³/mol. The molecule has 1 aliphatic rings. The minimum atomic E-state index is -0.281. The topological polar surface area (TPSA) is 44.2 Å². The molecule has 4 nitrogen and oxygen atoms in total. The maximum atomic E-state index is 13.5. The molecule has 142 valence electrons. The molecular formula is C24H17FN2O2. The quantitative estimate of drug-likeness (QED) is 0.458. The van der Waals surface area contributed by atoms with Crippen LogP contribution in [0.5, 0.6) is 11.5 Å². The van der Waals surface area contributed by atoms with E-state index in [9.17, 15) is 4.39 Å². The average Bonchev–Trinajstić information content (AvgIpc) is 3.22. The van der Waals surface area contributed by atoms with Gasteiger partial charge in [-0.15, -0.1) is 0 Å². The molecule has 5 rings (SSSR count). The molecule has 0 bridgehead atoms. The molecule has 0 aliphatic carbocycles. The lowest BCUT2D eigenvalue weighted by Gasteiger charge is -2.16. The van der Waals surface area contributed by atoms with Gasteiger partial charge in [0.05, 0.1) is 11.4 Å². The van der Waals surface area contributed by atoms with Crippen molar-refractivity contribution in [3.8, 4) is 45.1 Å². The second-order valence-corrected chi connectivity index (χ2v) is 6.78. The van der Waals surface area contributed by atoms with E-state index in [1.54, 1.807) is 12.1 Å². The largest absolute Gasteiger partial charge is 0.454 e. The average molecular weight is 384 g/mol. The van der Waals surface area contributed by atoms with Gasteiger partial charge in [0.15, 0.2) is 11.5 Å². The van der Waals surface area contributed by atoms with Crippen LogP contribution in [0.4, 0.5) is 4.39 Å². The summed E-state index contributed by atoms with van der Waals surface area (Å²) >= 11 is 0. The Hall–Kier alpha value is -3.73. The van der Waals surface area contributed by atoms with E-state index in [1.807, 2.05) is 55.5 Å². The number of rotatable bonds is 3. The summed E-state index contributed by atoms with van der Waals surface area (Å²) in [6, 6.07) is 22.2. The Morgan fingerprint density at radius 3 is 2.14 bits per heavy atom.